The maximum Gasteiger partial charge on any atom is 0.0616 e. The Morgan fingerprint density at radius 2 is 2.00 bits per heavy atom. The number of thioether (sulfide) groups is 1. The SMILES string of the molecule is CC(N)(CO)CSCc1ccc(Cl)cc1. The van der Waals surface area contributed by atoms with E-state index in [0.717, 1.165) is 16.5 Å². The molecule has 0 heterocycles. The second kappa shape index (κ2) is 5.75. The van der Waals surface area contributed by atoms with Gasteiger partial charge in [0.05, 0.1) is 6.61 Å². The lowest BCUT2D eigenvalue weighted by molar-refractivity contribution is 0.224. The largest absolute Gasteiger partial charge is 0.394 e. The normalized spacial score (nSPS) is 14.9. The maximum atomic E-state index is 8.97. The number of hydrogen-bond acceptors (Lipinski definition) is 3. The van der Waals surface area contributed by atoms with Gasteiger partial charge >= 0.3 is 0 Å². The molecule has 0 spiro atoms. The summed E-state index contributed by atoms with van der Waals surface area (Å²) in [5.74, 6) is 1.64. The summed E-state index contributed by atoms with van der Waals surface area (Å²) in [5.41, 5.74) is 6.54. The van der Waals surface area contributed by atoms with Crippen LogP contribution >= 0.6 is 23.4 Å². The highest BCUT2D eigenvalue weighted by Crippen LogP contribution is 2.18. The summed E-state index contributed by atoms with van der Waals surface area (Å²) >= 11 is 7.50. The second-order valence-electron chi connectivity index (χ2n) is 3.93. The topological polar surface area (TPSA) is 46.2 Å². The number of benzene rings is 1. The van der Waals surface area contributed by atoms with Crippen molar-refractivity contribution >= 4 is 23.4 Å². The van der Waals surface area contributed by atoms with Gasteiger partial charge in [-0.1, -0.05) is 23.7 Å². The predicted octanol–water partition coefficient (Wildman–Crippen LogP) is 2.28. The summed E-state index contributed by atoms with van der Waals surface area (Å²) in [5, 5.41) is 9.72. The standard InChI is InChI=1S/C11H16ClNOS/c1-11(13,7-14)8-15-6-9-2-4-10(12)5-3-9/h2-5,14H,6-8,13H2,1H3. The Labute approximate surface area is 99.8 Å². The smallest absolute Gasteiger partial charge is 0.0616 e. The van der Waals surface area contributed by atoms with Crippen molar-refractivity contribution in [3.63, 3.8) is 0 Å². The molecule has 0 aliphatic rings. The molecule has 0 aromatic heterocycles. The third kappa shape index (κ3) is 4.89. The van der Waals surface area contributed by atoms with Crippen LogP contribution in [-0.4, -0.2) is 23.0 Å². The maximum absolute atomic E-state index is 8.97. The van der Waals surface area contributed by atoms with E-state index < -0.39 is 5.54 Å². The third-order valence-electron chi connectivity index (χ3n) is 1.97. The van der Waals surface area contributed by atoms with Crippen molar-refractivity contribution in [2.24, 2.45) is 5.73 Å². The Hall–Kier alpha value is -0.220. The first-order chi connectivity index (χ1) is 7.03. The molecule has 0 saturated heterocycles. The Morgan fingerprint density at radius 1 is 1.40 bits per heavy atom. The van der Waals surface area contributed by atoms with Crippen LogP contribution < -0.4 is 5.73 Å². The number of aliphatic hydroxyl groups excluding tert-OH is 1. The van der Waals surface area contributed by atoms with Crippen LogP contribution in [0.3, 0.4) is 0 Å². The molecule has 1 aromatic carbocycles. The van der Waals surface area contributed by atoms with Crippen molar-refractivity contribution in [3.05, 3.63) is 34.9 Å². The van der Waals surface area contributed by atoms with Crippen molar-refractivity contribution in [2.75, 3.05) is 12.4 Å². The van der Waals surface area contributed by atoms with Crippen molar-refractivity contribution in [1.82, 2.24) is 0 Å². The molecule has 1 atom stereocenters. The average molecular weight is 246 g/mol. The van der Waals surface area contributed by atoms with Gasteiger partial charge in [0, 0.05) is 22.1 Å². The van der Waals surface area contributed by atoms with Crippen LogP contribution in [-0.2, 0) is 5.75 Å². The van der Waals surface area contributed by atoms with Gasteiger partial charge in [0.15, 0.2) is 0 Å². The lowest BCUT2D eigenvalue weighted by atomic mass is 10.1. The van der Waals surface area contributed by atoms with Gasteiger partial charge in [-0.3, -0.25) is 0 Å². The van der Waals surface area contributed by atoms with Gasteiger partial charge in [0.25, 0.3) is 0 Å². The van der Waals surface area contributed by atoms with Crippen molar-refractivity contribution in [3.8, 4) is 0 Å². The summed E-state index contributed by atoms with van der Waals surface area (Å²) in [6.45, 7) is 1.86. The zero-order valence-corrected chi connectivity index (χ0v) is 10.3. The van der Waals surface area contributed by atoms with Gasteiger partial charge in [0.1, 0.15) is 0 Å². The van der Waals surface area contributed by atoms with E-state index in [1.807, 2.05) is 31.2 Å². The number of aliphatic hydroxyl groups is 1. The van der Waals surface area contributed by atoms with Crippen LogP contribution in [0.4, 0.5) is 0 Å². The van der Waals surface area contributed by atoms with E-state index in [1.54, 1.807) is 11.8 Å². The van der Waals surface area contributed by atoms with Crippen LogP contribution in [0.5, 0.6) is 0 Å². The molecule has 4 heteroatoms. The van der Waals surface area contributed by atoms with Crippen LogP contribution in [0.15, 0.2) is 24.3 Å². The van der Waals surface area contributed by atoms with Crippen LogP contribution in [0.25, 0.3) is 0 Å². The van der Waals surface area contributed by atoms with Gasteiger partial charge < -0.3 is 10.8 Å². The molecule has 0 amide bonds. The molecule has 15 heavy (non-hydrogen) atoms. The molecule has 0 aliphatic heterocycles. The molecular formula is C11H16ClNOS. The molecule has 3 N–H and O–H groups in total. The molecule has 1 unspecified atom stereocenters. The third-order valence-corrected chi connectivity index (χ3v) is 3.63. The summed E-state index contributed by atoms with van der Waals surface area (Å²) in [6.07, 6.45) is 0. The lowest BCUT2D eigenvalue weighted by Gasteiger charge is -2.20. The quantitative estimate of drug-likeness (QED) is 0.837. The van der Waals surface area contributed by atoms with Crippen molar-refractivity contribution in [2.45, 2.75) is 18.2 Å². The lowest BCUT2D eigenvalue weighted by Crippen LogP contribution is -2.42. The first-order valence-corrected chi connectivity index (χ1v) is 6.29. The van der Waals surface area contributed by atoms with Crippen molar-refractivity contribution in [1.29, 1.82) is 0 Å². The van der Waals surface area contributed by atoms with Crippen LogP contribution in [0, 0.1) is 0 Å². The molecule has 1 rings (SSSR count). The summed E-state index contributed by atoms with van der Waals surface area (Å²) in [7, 11) is 0. The van der Waals surface area contributed by atoms with Gasteiger partial charge in [-0.15, -0.1) is 0 Å². The number of hydrogen-bond donors (Lipinski definition) is 2. The van der Waals surface area contributed by atoms with E-state index >= 15 is 0 Å². The minimum absolute atomic E-state index is 0.0145. The summed E-state index contributed by atoms with van der Waals surface area (Å²) in [4.78, 5) is 0. The van der Waals surface area contributed by atoms with E-state index in [2.05, 4.69) is 0 Å². The molecular weight excluding hydrogens is 230 g/mol. The molecule has 0 aliphatic carbocycles. The molecule has 1 aromatic rings. The Morgan fingerprint density at radius 3 is 2.53 bits per heavy atom. The summed E-state index contributed by atoms with van der Waals surface area (Å²) < 4.78 is 0. The summed E-state index contributed by atoms with van der Waals surface area (Å²) in [6, 6.07) is 7.76. The fourth-order valence-electron chi connectivity index (χ4n) is 1.03. The van der Waals surface area contributed by atoms with Crippen LogP contribution in [0.1, 0.15) is 12.5 Å². The fraction of sp³-hybridized carbons (Fsp3) is 0.455. The minimum atomic E-state index is -0.489. The van der Waals surface area contributed by atoms with Gasteiger partial charge in [-0.25, -0.2) is 0 Å². The van der Waals surface area contributed by atoms with Crippen LogP contribution in [0.2, 0.25) is 5.02 Å². The Balaban J connectivity index is 2.35. The molecule has 0 bridgehead atoms. The van der Waals surface area contributed by atoms with Crippen molar-refractivity contribution < 1.29 is 5.11 Å². The zero-order chi connectivity index (χ0) is 11.3. The number of nitrogens with two attached hydrogens (primary N) is 1. The minimum Gasteiger partial charge on any atom is -0.394 e. The molecule has 2 nitrogen and oxygen atoms in total. The zero-order valence-electron chi connectivity index (χ0n) is 8.74. The van der Waals surface area contributed by atoms with E-state index in [9.17, 15) is 0 Å². The van der Waals surface area contributed by atoms with E-state index in [4.69, 9.17) is 22.4 Å². The van der Waals surface area contributed by atoms with E-state index in [-0.39, 0.29) is 6.61 Å². The highest BCUT2D eigenvalue weighted by Gasteiger charge is 2.16. The fourth-order valence-corrected chi connectivity index (χ4v) is 2.24. The van der Waals surface area contributed by atoms with Gasteiger partial charge in [-0.05, 0) is 24.6 Å². The monoisotopic (exact) mass is 245 g/mol. The molecule has 0 radical (unpaired) electrons. The number of halogens is 1. The molecule has 0 fully saturated rings. The first-order valence-electron chi connectivity index (χ1n) is 4.75. The highest BCUT2D eigenvalue weighted by atomic mass is 35.5. The number of rotatable bonds is 5. The molecule has 84 valence electrons. The average Bonchev–Trinajstić information content (AvgIpc) is 2.21. The Kier molecular flexibility index (Phi) is 4.93. The van der Waals surface area contributed by atoms with Gasteiger partial charge in [0.2, 0.25) is 0 Å². The second-order valence-corrected chi connectivity index (χ2v) is 5.35. The van der Waals surface area contributed by atoms with E-state index in [1.165, 1.54) is 5.56 Å². The Bertz CT molecular complexity index is 300. The highest BCUT2D eigenvalue weighted by molar-refractivity contribution is 7.98. The first kappa shape index (κ1) is 12.8. The van der Waals surface area contributed by atoms with Gasteiger partial charge in [-0.2, -0.15) is 11.8 Å². The predicted molar refractivity (Wildman–Crippen MR) is 67.3 cm³/mol. The van der Waals surface area contributed by atoms with E-state index in [0.29, 0.717) is 0 Å². The molecule has 0 saturated carbocycles.